The minimum absolute atomic E-state index is 0.00624. The third-order valence-electron chi connectivity index (χ3n) is 2.84. The van der Waals surface area contributed by atoms with Crippen LogP contribution < -0.4 is 5.73 Å². The second-order valence-corrected chi connectivity index (χ2v) is 7.99. The number of benzene rings is 1. The summed E-state index contributed by atoms with van der Waals surface area (Å²) < 4.78 is 6.37. The number of nitrogens with two attached hydrogens (primary N) is 1. The van der Waals surface area contributed by atoms with Crippen LogP contribution in [0.2, 0.25) is 0 Å². The maximum absolute atomic E-state index is 11.9. The molecule has 0 aliphatic rings. The van der Waals surface area contributed by atoms with E-state index in [0.29, 0.717) is 5.75 Å². The Hall–Kier alpha value is -0.520. The molecule has 0 saturated heterocycles. The molecule has 1 aromatic rings. The number of hydrogen-bond acceptors (Lipinski definition) is 4. The monoisotopic (exact) mass is 373 g/mol. The summed E-state index contributed by atoms with van der Waals surface area (Å²) in [5, 5.41) is 0.0834. The number of carbonyl (C=O) groups is 1. The van der Waals surface area contributed by atoms with Crippen LogP contribution >= 0.6 is 27.7 Å². The van der Waals surface area contributed by atoms with E-state index in [4.69, 9.17) is 10.5 Å². The molecule has 0 radical (unpaired) electrons. The topological polar surface area (TPSA) is 52.3 Å². The first-order chi connectivity index (χ1) is 9.73. The highest BCUT2D eigenvalue weighted by molar-refractivity contribution is 9.10. The molecule has 3 nitrogen and oxygen atoms in total. The Morgan fingerprint density at radius 2 is 2.10 bits per heavy atom. The van der Waals surface area contributed by atoms with Gasteiger partial charge >= 0.3 is 5.97 Å². The molecule has 1 rings (SSSR count). The fourth-order valence-electron chi connectivity index (χ4n) is 1.89. The van der Waals surface area contributed by atoms with Crippen molar-refractivity contribution in [3.05, 3.63) is 34.3 Å². The molecule has 0 spiro atoms. The summed E-state index contributed by atoms with van der Waals surface area (Å²) in [4.78, 5) is 11.9. The van der Waals surface area contributed by atoms with E-state index in [2.05, 4.69) is 28.9 Å². The lowest BCUT2D eigenvalue weighted by Gasteiger charge is -2.24. The SMILES string of the molecule is CCC(N)C(SCC(=O)OC(C)(C)C)c1cccc(Br)c1. The first-order valence-corrected chi connectivity index (χ1v) is 8.91. The van der Waals surface area contributed by atoms with Gasteiger partial charge in [0.05, 0.1) is 5.75 Å². The van der Waals surface area contributed by atoms with Crippen LogP contribution in [0.25, 0.3) is 0 Å². The first-order valence-electron chi connectivity index (χ1n) is 7.07. The summed E-state index contributed by atoms with van der Waals surface area (Å²) in [6, 6.07) is 8.08. The van der Waals surface area contributed by atoms with E-state index in [0.717, 1.165) is 16.5 Å². The minimum atomic E-state index is -0.449. The van der Waals surface area contributed by atoms with Crippen LogP contribution in [-0.2, 0) is 9.53 Å². The van der Waals surface area contributed by atoms with E-state index in [1.807, 2.05) is 39.0 Å². The molecule has 0 aliphatic carbocycles. The highest BCUT2D eigenvalue weighted by Crippen LogP contribution is 2.34. The molecule has 1 aromatic carbocycles. The molecule has 0 aromatic heterocycles. The average molecular weight is 374 g/mol. The largest absolute Gasteiger partial charge is 0.459 e. The Balaban J connectivity index is 2.74. The zero-order valence-electron chi connectivity index (χ0n) is 13.1. The number of ether oxygens (including phenoxy) is 1. The second kappa shape index (κ2) is 8.20. The van der Waals surface area contributed by atoms with Crippen LogP contribution in [0.15, 0.2) is 28.7 Å². The van der Waals surface area contributed by atoms with E-state index >= 15 is 0 Å². The number of rotatable bonds is 6. The maximum atomic E-state index is 11.9. The molecule has 2 unspecified atom stereocenters. The molecule has 21 heavy (non-hydrogen) atoms. The van der Waals surface area contributed by atoms with Crippen LogP contribution in [0, 0.1) is 0 Å². The van der Waals surface area contributed by atoms with E-state index in [1.165, 1.54) is 0 Å². The summed E-state index contributed by atoms with van der Waals surface area (Å²) in [5.41, 5.74) is 6.91. The summed E-state index contributed by atoms with van der Waals surface area (Å²) in [6.45, 7) is 7.68. The summed E-state index contributed by atoms with van der Waals surface area (Å²) in [5.74, 6) is 0.109. The van der Waals surface area contributed by atoms with Crippen molar-refractivity contribution >= 4 is 33.7 Å². The number of carbonyl (C=O) groups excluding carboxylic acids is 1. The van der Waals surface area contributed by atoms with Crippen molar-refractivity contribution in [2.75, 3.05) is 5.75 Å². The smallest absolute Gasteiger partial charge is 0.316 e. The molecule has 118 valence electrons. The molecule has 5 heteroatoms. The molecule has 0 amide bonds. The molecular weight excluding hydrogens is 350 g/mol. The summed E-state index contributed by atoms with van der Waals surface area (Å²) >= 11 is 5.02. The predicted molar refractivity (Wildman–Crippen MR) is 93.5 cm³/mol. The molecular formula is C16H24BrNO2S. The Kier molecular flexibility index (Phi) is 7.24. The van der Waals surface area contributed by atoms with Gasteiger partial charge in [-0.3, -0.25) is 4.79 Å². The predicted octanol–water partition coefficient (Wildman–Crippen LogP) is 4.30. The van der Waals surface area contributed by atoms with Crippen molar-refractivity contribution in [3.8, 4) is 0 Å². The van der Waals surface area contributed by atoms with Crippen molar-refractivity contribution in [1.82, 2.24) is 0 Å². The van der Waals surface area contributed by atoms with Gasteiger partial charge in [-0.1, -0.05) is 35.0 Å². The van der Waals surface area contributed by atoms with Gasteiger partial charge in [0.15, 0.2) is 0 Å². The number of esters is 1. The van der Waals surface area contributed by atoms with E-state index < -0.39 is 5.60 Å². The molecule has 0 fully saturated rings. The lowest BCUT2D eigenvalue weighted by molar-refractivity contribution is -0.151. The fraction of sp³-hybridized carbons (Fsp3) is 0.562. The van der Waals surface area contributed by atoms with Gasteiger partial charge in [0.1, 0.15) is 5.60 Å². The first kappa shape index (κ1) is 18.5. The Morgan fingerprint density at radius 3 is 2.62 bits per heavy atom. The molecule has 2 N–H and O–H groups in total. The molecule has 0 heterocycles. The van der Waals surface area contributed by atoms with Crippen molar-refractivity contribution in [3.63, 3.8) is 0 Å². The summed E-state index contributed by atoms with van der Waals surface area (Å²) in [7, 11) is 0. The lowest BCUT2D eigenvalue weighted by Crippen LogP contribution is -2.28. The fourth-order valence-corrected chi connectivity index (χ4v) is 3.46. The maximum Gasteiger partial charge on any atom is 0.316 e. The van der Waals surface area contributed by atoms with Crippen LogP contribution in [-0.4, -0.2) is 23.4 Å². The third-order valence-corrected chi connectivity index (χ3v) is 4.71. The van der Waals surface area contributed by atoms with Crippen LogP contribution in [0.1, 0.15) is 44.9 Å². The Labute approximate surface area is 140 Å². The van der Waals surface area contributed by atoms with Gasteiger partial charge in [0, 0.05) is 15.8 Å². The van der Waals surface area contributed by atoms with Crippen molar-refractivity contribution < 1.29 is 9.53 Å². The lowest BCUT2D eigenvalue weighted by atomic mass is 10.0. The van der Waals surface area contributed by atoms with Gasteiger partial charge in [0.2, 0.25) is 0 Å². The molecule has 0 aliphatic heterocycles. The zero-order valence-corrected chi connectivity index (χ0v) is 15.5. The summed E-state index contributed by atoms with van der Waals surface area (Å²) in [6.07, 6.45) is 0.860. The van der Waals surface area contributed by atoms with E-state index in [1.54, 1.807) is 11.8 Å². The third kappa shape index (κ3) is 6.85. The zero-order chi connectivity index (χ0) is 16.0. The van der Waals surface area contributed by atoms with E-state index in [-0.39, 0.29) is 17.3 Å². The second-order valence-electron chi connectivity index (χ2n) is 5.95. The minimum Gasteiger partial charge on any atom is -0.459 e. The van der Waals surface area contributed by atoms with Crippen molar-refractivity contribution in [2.45, 2.75) is 51.0 Å². The highest BCUT2D eigenvalue weighted by Gasteiger charge is 2.23. The van der Waals surface area contributed by atoms with Crippen LogP contribution in [0.5, 0.6) is 0 Å². The van der Waals surface area contributed by atoms with Crippen LogP contribution in [0.4, 0.5) is 0 Å². The van der Waals surface area contributed by atoms with Gasteiger partial charge < -0.3 is 10.5 Å². The van der Waals surface area contributed by atoms with E-state index in [9.17, 15) is 4.79 Å². The molecule has 0 bridgehead atoms. The molecule has 0 saturated carbocycles. The normalized spacial score (nSPS) is 14.6. The van der Waals surface area contributed by atoms with Gasteiger partial charge in [-0.25, -0.2) is 0 Å². The Morgan fingerprint density at radius 1 is 1.43 bits per heavy atom. The van der Waals surface area contributed by atoms with Crippen molar-refractivity contribution in [1.29, 1.82) is 0 Å². The highest BCUT2D eigenvalue weighted by atomic mass is 79.9. The number of thioether (sulfide) groups is 1. The van der Waals surface area contributed by atoms with Crippen LogP contribution in [0.3, 0.4) is 0 Å². The molecule has 2 atom stereocenters. The number of hydrogen-bond donors (Lipinski definition) is 1. The quantitative estimate of drug-likeness (QED) is 0.755. The van der Waals surface area contributed by atoms with Gasteiger partial charge in [0.25, 0.3) is 0 Å². The number of halogens is 1. The van der Waals surface area contributed by atoms with Gasteiger partial charge in [-0.05, 0) is 44.9 Å². The standard InChI is InChI=1S/C16H24BrNO2S/c1-5-13(18)15(11-7-6-8-12(17)9-11)21-10-14(19)20-16(2,3)4/h6-9,13,15H,5,10,18H2,1-4H3. The Bertz CT molecular complexity index is 474. The van der Waals surface area contributed by atoms with Gasteiger partial charge in [-0.2, -0.15) is 0 Å². The van der Waals surface area contributed by atoms with Gasteiger partial charge in [-0.15, -0.1) is 11.8 Å². The average Bonchev–Trinajstić information content (AvgIpc) is 2.36. The van der Waals surface area contributed by atoms with Crippen molar-refractivity contribution in [2.24, 2.45) is 5.73 Å².